The first-order chi connectivity index (χ1) is 14.5. The first kappa shape index (κ1) is 19.3. The van der Waals surface area contributed by atoms with Crippen LogP contribution in [0, 0.1) is 0 Å². The lowest BCUT2D eigenvalue weighted by atomic mass is 10.0. The maximum absolute atomic E-state index is 12.3. The van der Waals surface area contributed by atoms with Crippen LogP contribution in [-0.4, -0.2) is 24.1 Å². The molecule has 0 fully saturated rings. The molecule has 0 spiro atoms. The molecule has 0 atom stereocenters. The van der Waals surface area contributed by atoms with Crippen LogP contribution in [0.3, 0.4) is 0 Å². The third kappa shape index (κ3) is 3.89. The molecule has 30 heavy (non-hydrogen) atoms. The molecule has 6 heteroatoms. The lowest BCUT2D eigenvalue weighted by molar-refractivity contribution is -0.110. The van der Waals surface area contributed by atoms with Crippen molar-refractivity contribution in [2.45, 2.75) is 6.61 Å². The van der Waals surface area contributed by atoms with Gasteiger partial charge in [-0.05, 0) is 47.5 Å². The minimum absolute atomic E-state index is 0.139. The van der Waals surface area contributed by atoms with Gasteiger partial charge in [-0.25, -0.2) is 4.79 Å². The average Bonchev–Trinajstić information content (AvgIpc) is 3.08. The number of amides is 1. The highest BCUT2D eigenvalue weighted by Gasteiger charge is 2.23. The number of carboxylic acids is 1. The molecule has 3 aromatic rings. The fourth-order valence-corrected chi connectivity index (χ4v) is 3.25. The quantitative estimate of drug-likeness (QED) is 0.596. The zero-order valence-corrected chi connectivity index (χ0v) is 16.2. The van der Waals surface area contributed by atoms with Crippen molar-refractivity contribution in [3.63, 3.8) is 0 Å². The van der Waals surface area contributed by atoms with E-state index in [0.717, 1.165) is 22.4 Å². The largest absolute Gasteiger partial charge is 0.493 e. The summed E-state index contributed by atoms with van der Waals surface area (Å²) in [6.07, 6.45) is 1.82. The van der Waals surface area contributed by atoms with Crippen LogP contribution in [0.15, 0.2) is 66.7 Å². The van der Waals surface area contributed by atoms with Gasteiger partial charge in [-0.3, -0.25) is 4.79 Å². The van der Waals surface area contributed by atoms with Crippen molar-refractivity contribution < 1.29 is 24.2 Å². The fraction of sp³-hybridized carbons (Fsp3) is 0.0833. The maximum atomic E-state index is 12.3. The van der Waals surface area contributed by atoms with Crippen LogP contribution >= 0.6 is 0 Å². The molecule has 0 radical (unpaired) electrons. The number of methoxy groups -OCH3 is 1. The molecule has 150 valence electrons. The summed E-state index contributed by atoms with van der Waals surface area (Å²) in [6.45, 7) is 0.270. The second-order valence-electron chi connectivity index (χ2n) is 6.76. The Morgan fingerprint density at radius 2 is 1.80 bits per heavy atom. The van der Waals surface area contributed by atoms with Crippen molar-refractivity contribution in [1.29, 1.82) is 0 Å². The second kappa shape index (κ2) is 8.13. The zero-order chi connectivity index (χ0) is 21.1. The Morgan fingerprint density at radius 1 is 1.03 bits per heavy atom. The summed E-state index contributed by atoms with van der Waals surface area (Å²) in [5.74, 6) is -0.0100. The molecule has 1 heterocycles. The Kier molecular flexibility index (Phi) is 5.22. The molecule has 0 saturated carbocycles. The molecule has 0 unspecified atom stereocenters. The van der Waals surface area contributed by atoms with Gasteiger partial charge in [0.1, 0.15) is 6.61 Å². The lowest BCUT2D eigenvalue weighted by Crippen LogP contribution is -2.03. The predicted molar refractivity (Wildman–Crippen MR) is 114 cm³/mol. The highest BCUT2D eigenvalue weighted by atomic mass is 16.5. The minimum Gasteiger partial charge on any atom is -0.493 e. The second-order valence-corrected chi connectivity index (χ2v) is 6.76. The number of carboxylic acid groups (broad SMARTS) is 1. The third-order valence-corrected chi connectivity index (χ3v) is 4.80. The van der Waals surface area contributed by atoms with Crippen LogP contribution in [-0.2, 0) is 11.4 Å². The molecule has 4 rings (SSSR count). The normalized spacial score (nSPS) is 13.6. The van der Waals surface area contributed by atoms with E-state index in [-0.39, 0.29) is 18.1 Å². The summed E-state index contributed by atoms with van der Waals surface area (Å²) < 4.78 is 11.3. The average molecular weight is 401 g/mol. The number of para-hydroxylation sites is 1. The van der Waals surface area contributed by atoms with Gasteiger partial charge in [0.05, 0.1) is 12.7 Å². The number of hydrogen-bond acceptors (Lipinski definition) is 4. The van der Waals surface area contributed by atoms with E-state index in [1.165, 1.54) is 12.1 Å². The van der Waals surface area contributed by atoms with E-state index < -0.39 is 5.97 Å². The SMILES string of the molecule is COc1cc(/C=C2\C(=O)Nc3ccccc32)ccc1OCc1ccc(C(=O)O)cc1. The van der Waals surface area contributed by atoms with E-state index in [0.29, 0.717) is 17.1 Å². The number of fused-ring (bicyclic) bond motifs is 1. The van der Waals surface area contributed by atoms with Crippen LogP contribution in [0.5, 0.6) is 11.5 Å². The van der Waals surface area contributed by atoms with E-state index in [1.807, 2.05) is 42.5 Å². The number of benzene rings is 3. The first-order valence-electron chi connectivity index (χ1n) is 9.30. The number of rotatable bonds is 6. The summed E-state index contributed by atoms with van der Waals surface area (Å²) >= 11 is 0. The summed E-state index contributed by atoms with van der Waals surface area (Å²) in [5.41, 5.74) is 4.15. The first-order valence-corrected chi connectivity index (χ1v) is 9.30. The molecular weight excluding hydrogens is 382 g/mol. The number of carbonyl (C=O) groups excluding carboxylic acids is 1. The third-order valence-electron chi connectivity index (χ3n) is 4.80. The molecule has 1 aliphatic rings. The zero-order valence-electron chi connectivity index (χ0n) is 16.2. The Bertz CT molecular complexity index is 1150. The monoisotopic (exact) mass is 401 g/mol. The van der Waals surface area contributed by atoms with Gasteiger partial charge in [-0.2, -0.15) is 0 Å². The number of carbonyl (C=O) groups is 2. The molecule has 6 nitrogen and oxygen atoms in total. The highest BCUT2D eigenvalue weighted by molar-refractivity contribution is 6.34. The van der Waals surface area contributed by atoms with Crippen LogP contribution in [0.2, 0.25) is 0 Å². The molecule has 0 bridgehead atoms. The van der Waals surface area contributed by atoms with Gasteiger partial charge >= 0.3 is 5.97 Å². The number of nitrogens with one attached hydrogen (secondary N) is 1. The van der Waals surface area contributed by atoms with Crippen LogP contribution in [0.25, 0.3) is 11.6 Å². The number of hydrogen-bond donors (Lipinski definition) is 2. The van der Waals surface area contributed by atoms with E-state index in [1.54, 1.807) is 25.3 Å². The van der Waals surface area contributed by atoms with E-state index >= 15 is 0 Å². The topological polar surface area (TPSA) is 84.9 Å². The van der Waals surface area contributed by atoms with Gasteiger partial charge in [0.25, 0.3) is 5.91 Å². The Balaban J connectivity index is 1.53. The molecule has 1 amide bonds. The van der Waals surface area contributed by atoms with Crippen LogP contribution < -0.4 is 14.8 Å². The van der Waals surface area contributed by atoms with Gasteiger partial charge in [-0.15, -0.1) is 0 Å². The summed E-state index contributed by atoms with van der Waals surface area (Å²) in [5, 5.41) is 11.8. The van der Waals surface area contributed by atoms with Crippen molar-refractivity contribution in [2.75, 3.05) is 12.4 Å². The van der Waals surface area contributed by atoms with Gasteiger partial charge < -0.3 is 19.9 Å². The Morgan fingerprint density at radius 3 is 2.53 bits per heavy atom. The van der Waals surface area contributed by atoms with Gasteiger partial charge in [0.15, 0.2) is 11.5 Å². The standard InChI is InChI=1S/C24H19NO5/c1-29-22-13-16(12-19-18-4-2-3-5-20(18)25-23(19)26)8-11-21(22)30-14-15-6-9-17(10-7-15)24(27)28/h2-13H,14H2,1H3,(H,25,26)(H,27,28)/b19-12-. The molecule has 0 aliphatic carbocycles. The molecule has 3 aromatic carbocycles. The van der Waals surface area contributed by atoms with Crippen molar-refractivity contribution in [3.8, 4) is 11.5 Å². The maximum Gasteiger partial charge on any atom is 0.335 e. The summed E-state index contributed by atoms with van der Waals surface area (Å²) in [7, 11) is 1.55. The van der Waals surface area contributed by atoms with E-state index in [2.05, 4.69) is 5.32 Å². The van der Waals surface area contributed by atoms with Crippen LogP contribution in [0.4, 0.5) is 5.69 Å². The molecule has 1 aliphatic heterocycles. The summed E-state index contributed by atoms with van der Waals surface area (Å²) in [4.78, 5) is 23.3. The summed E-state index contributed by atoms with van der Waals surface area (Å²) in [6, 6.07) is 19.5. The molecule has 0 aromatic heterocycles. The van der Waals surface area contributed by atoms with Crippen LogP contribution in [0.1, 0.15) is 27.0 Å². The molecule has 0 saturated heterocycles. The molecular formula is C24H19NO5. The fourth-order valence-electron chi connectivity index (χ4n) is 3.25. The van der Waals surface area contributed by atoms with Gasteiger partial charge in [-0.1, -0.05) is 36.4 Å². The Hall–Kier alpha value is -4.06. The van der Waals surface area contributed by atoms with Crippen molar-refractivity contribution in [2.24, 2.45) is 0 Å². The number of anilines is 1. The number of aromatic carboxylic acids is 1. The van der Waals surface area contributed by atoms with Crippen molar-refractivity contribution in [3.05, 3.63) is 89.0 Å². The lowest BCUT2D eigenvalue weighted by Gasteiger charge is -2.12. The van der Waals surface area contributed by atoms with Gasteiger partial charge in [0.2, 0.25) is 0 Å². The van der Waals surface area contributed by atoms with E-state index in [9.17, 15) is 9.59 Å². The smallest absolute Gasteiger partial charge is 0.335 e. The van der Waals surface area contributed by atoms with E-state index in [4.69, 9.17) is 14.6 Å². The van der Waals surface area contributed by atoms with Crippen molar-refractivity contribution in [1.82, 2.24) is 0 Å². The van der Waals surface area contributed by atoms with Gasteiger partial charge in [0, 0.05) is 16.8 Å². The molecule has 2 N–H and O–H groups in total. The minimum atomic E-state index is -0.965. The Labute approximate surface area is 173 Å². The van der Waals surface area contributed by atoms with Crippen molar-refractivity contribution >= 4 is 29.2 Å². The predicted octanol–water partition coefficient (Wildman–Crippen LogP) is 4.47. The number of ether oxygens (including phenoxy) is 2. The highest BCUT2D eigenvalue weighted by Crippen LogP contribution is 2.35.